The highest BCUT2D eigenvalue weighted by molar-refractivity contribution is 7.25. The molecule has 0 saturated carbocycles. The summed E-state index contributed by atoms with van der Waals surface area (Å²) in [5.74, 6) is 0. The summed E-state index contributed by atoms with van der Waals surface area (Å²) < 4.78 is 48.8. The lowest BCUT2D eigenvalue weighted by atomic mass is 9.33. The first-order valence-corrected chi connectivity index (χ1v) is 22.0. The van der Waals surface area contributed by atoms with Crippen LogP contribution < -0.4 is 26.2 Å². The number of thiophene rings is 1. The summed E-state index contributed by atoms with van der Waals surface area (Å²) in [4.78, 5) is 4.78. The zero-order valence-electron chi connectivity index (χ0n) is 38.9. The van der Waals surface area contributed by atoms with Crippen molar-refractivity contribution >= 4 is 111 Å². The molecule has 0 saturated heterocycles. The van der Waals surface area contributed by atoms with Crippen molar-refractivity contribution in [1.82, 2.24) is 4.57 Å². The molecular weight excluding hydrogens is 770 g/mol. The van der Waals surface area contributed by atoms with Crippen LogP contribution in [0.5, 0.6) is 0 Å². The van der Waals surface area contributed by atoms with Gasteiger partial charge in [0.25, 0.3) is 6.71 Å². The highest BCUT2D eigenvalue weighted by Crippen LogP contribution is 2.54. The number of rotatable bonds is 3. The Morgan fingerprint density at radius 3 is 1.98 bits per heavy atom. The molecule has 0 spiro atoms. The van der Waals surface area contributed by atoms with Crippen molar-refractivity contribution in [3.05, 3.63) is 205 Å². The van der Waals surface area contributed by atoms with Crippen LogP contribution in [-0.2, 0) is 5.41 Å². The van der Waals surface area contributed by atoms with E-state index in [4.69, 9.17) is 6.85 Å². The first kappa shape index (κ1) is 29.8. The predicted octanol–water partition coefficient (Wildman–Crippen LogP) is 13.5. The van der Waals surface area contributed by atoms with E-state index in [1.54, 1.807) is 0 Å². The molecule has 0 atom stereocenters. The van der Waals surface area contributed by atoms with Gasteiger partial charge in [-0.25, -0.2) is 0 Å². The van der Waals surface area contributed by atoms with Crippen LogP contribution in [0.15, 0.2) is 194 Å². The van der Waals surface area contributed by atoms with Gasteiger partial charge in [-0.3, -0.25) is 0 Å². The van der Waals surface area contributed by atoms with Gasteiger partial charge >= 0.3 is 0 Å². The van der Waals surface area contributed by atoms with E-state index in [9.17, 15) is 0 Å². The highest BCUT2D eigenvalue weighted by Gasteiger charge is 2.44. The van der Waals surface area contributed by atoms with E-state index in [2.05, 4.69) is 174 Å². The summed E-state index contributed by atoms with van der Waals surface area (Å²) >= 11 is 1.84. The Balaban J connectivity index is 1.14. The molecule has 0 bridgehead atoms. The van der Waals surface area contributed by atoms with E-state index in [1.807, 2.05) is 29.5 Å². The third kappa shape index (κ3) is 4.50. The maximum Gasteiger partial charge on any atom is 0.252 e. The van der Waals surface area contributed by atoms with Crippen molar-refractivity contribution in [2.45, 2.75) is 19.3 Å². The first-order valence-electron chi connectivity index (χ1n) is 23.7. The summed E-state index contributed by atoms with van der Waals surface area (Å²) in [6, 6.07) is 57.6. The van der Waals surface area contributed by atoms with Gasteiger partial charge in [-0.15, -0.1) is 11.3 Å². The topological polar surface area (TPSA) is 11.4 Å². The van der Waals surface area contributed by atoms with Gasteiger partial charge in [0.15, 0.2) is 0 Å². The molecule has 14 rings (SSSR count). The molecule has 0 unspecified atom stereocenters. The van der Waals surface area contributed by atoms with Gasteiger partial charge in [0.05, 0.1) is 29.4 Å². The molecule has 3 aliphatic rings. The molecule has 3 aliphatic heterocycles. The van der Waals surface area contributed by atoms with Crippen LogP contribution in [0.3, 0.4) is 0 Å². The normalized spacial score (nSPS) is 15.5. The van der Waals surface area contributed by atoms with E-state index in [-0.39, 0.29) is 41.9 Å². The lowest BCUT2D eigenvalue weighted by molar-refractivity contribution is 0.632. The summed E-state index contributed by atoms with van der Waals surface area (Å²) in [6.07, 6.45) is 0. The molecule has 5 heterocycles. The highest BCUT2D eigenvalue weighted by atomic mass is 32.1. The van der Waals surface area contributed by atoms with Gasteiger partial charge in [-0.05, 0) is 99.3 Å². The number of para-hydroxylation sites is 4. The van der Waals surface area contributed by atoms with Gasteiger partial charge in [0.1, 0.15) is 0 Å². The fourth-order valence-corrected chi connectivity index (χ4v) is 12.3. The number of hydrogen-bond donors (Lipinski definition) is 0. The van der Waals surface area contributed by atoms with Gasteiger partial charge in [0, 0.05) is 64.6 Å². The maximum absolute atomic E-state index is 9.05. The summed E-state index contributed by atoms with van der Waals surface area (Å²) in [5, 5.41) is 4.91. The minimum absolute atomic E-state index is 0.185. The van der Waals surface area contributed by atoms with Crippen molar-refractivity contribution in [3.8, 4) is 16.8 Å². The minimum atomic E-state index is -0.403. The molecule has 0 N–H and O–H groups in total. The third-order valence-electron chi connectivity index (χ3n) is 13.8. The molecule has 0 fully saturated rings. The van der Waals surface area contributed by atoms with Crippen LogP contribution >= 0.6 is 11.3 Å². The summed E-state index contributed by atoms with van der Waals surface area (Å²) in [6.45, 7) is 4.45. The predicted molar refractivity (Wildman–Crippen MR) is 265 cm³/mol. The lowest BCUT2D eigenvalue weighted by Gasteiger charge is -2.44. The Morgan fingerprint density at radius 1 is 0.484 bits per heavy atom. The van der Waals surface area contributed by atoms with Crippen LogP contribution in [0.25, 0.3) is 58.8 Å². The standard InChI is InChI=1S/C57H38BN3S/c1-57(2)43-22-10-12-25-47(43)60(48-26-13-11-23-44(48)57)38-31-51-55-52(32-38)61-49-33-42-39-20-9-14-27-53(39)62-54(42)34-41(49)40-21-15-24-46(56(40)61)58(55)45-29-28-36(35-16-5-3-6-17-35)30-50(45)59(51)37-18-7-4-8-19-37/h3-34H,1-2H3/i3D,5D,6D,16D,17D. The van der Waals surface area contributed by atoms with Crippen LogP contribution in [0.4, 0.5) is 34.1 Å². The van der Waals surface area contributed by atoms with Gasteiger partial charge in [-0.1, -0.05) is 147 Å². The van der Waals surface area contributed by atoms with Crippen molar-refractivity contribution in [3.63, 3.8) is 0 Å². The van der Waals surface area contributed by atoms with E-state index >= 15 is 0 Å². The SMILES string of the molecule is [2H]c1c([2H])c([2H])c(-c2ccc3c(c2)N(c2ccccc2)c2cc(N4c5ccccc5C(C)(C)c5ccccc54)cc4c2B3c2cccc3c5cc6sc7ccccc7c6cc5n-4c23)c([2H])c1[2H]. The molecular formula is C57H38BN3S. The molecule has 3 nitrogen and oxygen atoms in total. The number of anilines is 6. The van der Waals surface area contributed by atoms with E-state index in [1.165, 1.54) is 58.5 Å². The molecule has 5 heteroatoms. The molecule has 290 valence electrons. The summed E-state index contributed by atoms with van der Waals surface area (Å²) in [7, 11) is 0. The van der Waals surface area contributed by atoms with Gasteiger partial charge in [0.2, 0.25) is 0 Å². The second-order valence-corrected chi connectivity index (χ2v) is 18.4. The Kier molecular flexibility index (Phi) is 5.95. The van der Waals surface area contributed by atoms with Crippen LogP contribution in [0.1, 0.15) is 31.8 Å². The fourth-order valence-electron chi connectivity index (χ4n) is 11.1. The largest absolute Gasteiger partial charge is 0.311 e. The number of hydrogen-bond acceptors (Lipinski definition) is 3. The van der Waals surface area contributed by atoms with Crippen LogP contribution in [0, 0.1) is 0 Å². The van der Waals surface area contributed by atoms with Gasteiger partial charge < -0.3 is 14.4 Å². The van der Waals surface area contributed by atoms with Crippen LogP contribution in [-0.4, -0.2) is 11.3 Å². The molecule has 62 heavy (non-hydrogen) atoms. The number of benzene rings is 9. The second-order valence-electron chi connectivity index (χ2n) is 17.3. The second kappa shape index (κ2) is 12.4. The molecule has 11 aromatic rings. The molecule has 0 aliphatic carbocycles. The van der Waals surface area contributed by atoms with Crippen molar-refractivity contribution < 1.29 is 6.85 Å². The quantitative estimate of drug-likeness (QED) is 0.165. The molecule has 2 aromatic heterocycles. The number of nitrogens with zero attached hydrogens (tertiary/aromatic N) is 3. The average molecular weight is 813 g/mol. The smallest absolute Gasteiger partial charge is 0.252 e. The van der Waals surface area contributed by atoms with Crippen molar-refractivity contribution in [1.29, 1.82) is 0 Å². The van der Waals surface area contributed by atoms with Gasteiger partial charge in [-0.2, -0.15) is 0 Å². The maximum atomic E-state index is 9.05. The first-order chi connectivity index (χ1) is 32.6. The Labute approximate surface area is 371 Å². The van der Waals surface area contributed by atoms with Crippen molar-refractivity contribution in [2.75, 3.05) is 9.80 Å². The number of aromatic nitrogens is 1. The summed E-state index contributed by atoms with van der Waals surface area (Å²) in [5.41, 5.74) is 16.0. The van der Waals surface area contributed by atoms with E-state index < -0.39 is 6.04 Å². The lowest BCUT2D eigenvalue weighted by Crippen LogP contribution is -2.60. The Hall–Kier alpha value is -7.34. The average Bonchev–Trinajstić information content (AvgIpc) is 3.89. The zero-order chi connectivity index (χ0) is 45.2. The Morgan fingerprint density at radius 2 is 1.18 bits per heavy atom. The van der Waals surface area contributed by atoms with E-state index in [0.29, 0.717) is 5.56 Å². The molecule has 9 aromatic carbocycles. The fraction of sp³-hybridized carbons (Fsp3) is 0.0526. The minimum Gasteiger partial charge on any atom is -0.311 e. The molecule has 0 amide bonds. The van der Waals surface area contributed by atoms with Crippen LogP contribution in [0.2, 0.25) is 0 Å². The van der Waals surface area contributed by atoms with Crippen molar-refractivity contribution in [2.24, 2.45) is 0 Å². The monoisotopic (exact) mass is 812 g/mol. The number of fused-ring (bicyclic) bond motifs is 12. The third-order valence-corrected chi connectivity index (χ3v) is 14.9. The Bertz CT molecular complexity index is 3930. The zero-order valence-corrected chi connectivity index (χ0v) is 34.7. The van der Waals surface area contributed by atoms with E-state index in [0.717, 1.165) is 50.8 Å². The molecule has 0 radical (unpaired) electrons.